The highest BCUT2D eigenvalue weighted by Gasteiger charge is 2.38. The van der Waals surface area contributed by atoms with Crippen LogP contribution >= 0.6 is 0 Å². The van der Waals surface area contributed by atoms with Gasteiger partial charge in [-0.25, -0.2) is 9.78 Å². The minimum atomic E-state index is -5.08. The van der Waals surface area contributed by atoms with Crippen molar-refractivity contribution >= 4 is 11.9 Å². The van der Waals surface area contributed by atoms with E-state index in [1.165, 1.54) is 10.1 Å². The third kappa shape index (κ3) is 6.83. The number of nitrogens with zero attached hydrogens (tertiary/aromatic N) is 2. The summed E-state index contributed by atoms with van der Waals surface area (Å²) in [4.78, 5) is 25.4. The molecule has 3 aromatic rings. The summed E-state index contributed by atoms with van der Waals surface area (Å²) in [7, 11) is 3.31. The SMILES string of the molecule is COc1cccc(-c2cccc(CCc3nc(N)n(C)c(=O)c3C)c2)c1.O=C(O)C(F)(F)F. The second kappa shape index (κ2) is 10.7. The number of aryl methyl sites for hydroxylation is 2. The molecule has 0 amide bonds. The molecule has 0 unspecified atom stereocenters. The molecule has 1 heterocycles. The average Bonchev–Trinajstić information content (AvgIpc) is 2.79. The van der Waals surface area contributed by atoms with E-state index >= 15 is 0 Å². The number of methoxy groups -OCH3 is 1. The maximum atomic E-state index is 12.2. The summed E-state index contributed by atoms with van der Waals surface area (Å²) in [5, 5.41) is 7.12. The van der Waals surface area contributed by atoms with Crippen LogP contribution in [0.15, 0.2) is 53.3 Å². The lowest BCUT2D eigenvalue weighted by atomic mass is 9.99. The molecule has 0 aliphatic heterocycles. The fourth-order valence-electron chi connectivity index (χ4n) is 2.99. The number of anilines is 1. The summed E-state index contributed by atoms with van der Waals surface area (Å²) in [5.41, 5.74) is 10.6. The van der Waals surface area contributed by atoms with Crippen molar-refractivity contribution in [3.63, 3.8) is 0 Å². The van der Waals surface area contributed by atoms with Gasteiger partial charge in [0.15, 0.2) is 0 Å². The van der Waals surface area contributed by atoms with Crippen molar-refractivity contribution in [1.82, 2.24) is 9.55 Å². The van der Waals surface area contributed by atoms with Crippen LogP contribution in [0.2, 0.25) is 0 Å². The molecule has 0 fully saturated rings. The lowest BCUT2D eigenvalue weighted by molar-refractivity contribution is -0.192. The van der Waals surface area contributed by atoms with Crippen molar-refractivity contribution in [2.75, 3.05) is 12.8 Å². The van der Waals surface area contributed by atoms with Crippen LogP contribution in [0.3, 0.4) is 0 Å². The van der Waals surface area contributed by atoms with Gasteiger partial charge in [-0.3, -0.25) is 9.36 Å². The van der Waals surface area contributed by atoms with E-state index in [4.69, 9.17) is 20.4 Å². The van der Waals surface area contributed by atoms with Crippen molar-refractivity contribution in [3.05, 3.63) is 75.7 Å². The van der Waals surface area contributed by atoms with Gasteiger partial charge in [0.1, 0.15) is 5.75 Å². The van der Waals surface area contributed by atoms with Crippen molar-refractivity contribution in [2.45, 2.75) is 25.9 Å². The number of carboxylic acids is 1. The predicted octanol–water partition coefficient (Wildman–Crippen LogP) is 3.77. The number of aromatic nitrogens is 2. The van der Waals surface area contributed by atoms with Crippen LogP contribution in [0, 0.1) is 6.92 Å². The summed E-state index contributed by atoms with van der Waals surface area (Å²) >= 11 is 0. The molecule has 0 atom stereocenters. The van der Waals surface area contributed by atoms with E-state index in [9.17, 15) is 18.0 Å². The molecule has 176 valence electrons. The third-order valence-electron chi connectivity index (χ3n) is 4.87. The summed E-state index contributed by atoms with van der Waals surface area (Å²) in [6.07, 6.45) is -3.62. The van der Waals surface area contributed by atoms with Crippen LogP contribution in [0.5, 0.6) is 5.75 Å². The first-order chi connectivity index (χ1) is 15.4. The standard InChI is InChI=1S/C21H23N3O2.C2HF3O2/c1-14-19(23-21(22)24(2)20(14)25)11-10-15-6-4-7-16(12-15)17-8-5-9-18(13-17)26-3;3-2(4,5)1(6)7/h4-9,12-13H,10-11H2,1-3H3,(H2,22,23);(H,6,7). The average molecular weight is 463 g/mol. The maximum Gasteiger partial charge on any atom is 0.490 e. The Labute approximate surface area is 188 Å². The van der Waals surface area contributed by atoms with Gasteiger partial charge in [-0.1, -0.05) is 36.4 Å². The minimum absolute atomic E-state index is 0.0855. The van der Waals surface area contributed by atoms with E-state index in [0.29, 0.717) is 12.0 Å². The first-order valence-electron chi connectivity index (χ1n) is 9.79. The number of ether oxygens (including phenoxy) is 1. The molecule has 3 rings (SSSR count). The van der Waals surface area contributed by atoms with Crippen molar-refractivity contribution in [2.24, 2.45) is 7.05 Å². The van der Waals surface area contributed by atoms with Gasteiger partial charge in [0.05, 0.1) is 12.8 Å². The highest BCUT2D eigenvalue weighted by Crippen LogP contribution is 2.25. The van der Waals surface area contributed by atoms with Crippen LogP contribution in [-0.4, -0.2) is 33.9 Å². The fourth-order valence-corrected chi connectivity index (χ4v) is 2.99. The molecule has 7 nitrogen and oxygen atoms in total. The largest absolute Gasteiger partial charge is 0.497 e. The van der Waals surface area contributed by atoms with Gasteiger partial charge in [0.25, 0.3) is 5.56 Å². The molecule has 1 aromatic heterocycles. The number of nitrogens with two attached hydrogens (primary N) is 1. The van der Waals surface area contributed by atoms with Crippen LogP contribution < -0.4 is 16.0 Å². The minimum Gasteiger partial charge on any atom is -0.497 e. The van der Waals surface area contributed by atoms with Gasteiger partial charge in [0, 0.05) is 12.6 Å². The number of halogens is 3. The maximum absolute atomic E-state index is 12.2. The molecule has 33 heavy (non-hydrogen) atoms. The van der Waals surface area contributed by atoms with Crippen LogP contribution in [0.25, 0.3) is 11.1 Å². The molecule has 0 saturated carbocycles. The third-order valence-corrected chi connectivity index (χ3v) is 4.87. The Morgan fingerprint density at radius 3 is 2.27 bits per heavy atom. The zero-order valence-corrected chi connectivity index (χ0v) is 18.3. The molecule has 0 bridgehead atoms. The number of aliphatic carboxylic acids is 1. The van der Waals surface area contributed by atoms with E-state index in [2.05, 4.69) is 29.2 Å². The Morgan fingerprint density at radius 1 is 1.12 bits per heavy atom. The highest BCUT2D eigenvalue weighted by molar-refractivity contribution is 5.73. The van der Waals surface area contributed by atoms with Gasteiger partial charge < -0.3 is 15.6 Å². The number of hydrogen-bond acceptors (Lipinski definition) is 5. The van der Waals surface area contributed by atoms with Gasteiger partial charge in [-0.15, -0.1) is 0 Å². The Hall–Kier alpha value is -3.82. The number of hydrogen-bond donors (Lipinski definition) is 2. The van der Waals surface area contributed by atoms with Crippen LogP contribution in [0.1, 0.15) is 16.8 Å². The van der Waals surface area contributed by atoms with Gasteiger partial charge >= 0.3 is 12.1 Å². The summed E-state index contributed by atoms with van der Waals surface area (Å²) in [5.74, 6) is -1.67. The van der Waals surface area contributed by atoms with Crippen molar-refractivity contribution < 1.29 is 27.8 Å². The Morgan fingerprint density at radius 2 is 1.70 bits per heavy atom. The lowest BCUT2D eigenvalue weighted by Gasteiger charge is -2.10. The molecule has 0 saturated heterocycles. The fraction of sp³-hybridized carbons (Fsp3) is 0.261. The first kappa shape index (κ1) is 25.4. The second-order valence-corrected chi connectivity index (χ2v) is 7.14. The summed E-state index contributed by atoms with van der Waals surface area (Å²) in [6, 6.07) is 16.4. The Bertz CT molecular complexity index is 1190. The van der Waals surface area contributed by atoms with Crippen molar-refractivity contribution in [3.8, 4) is 16.9 Å². The quantitative estimate of drug-likeness (QED) is 0.597. The Balaban J connectivity index is 0.000000479. The summed E-state index contributed by atoms with van der Waals surface area (Å²) in [6.45, 7) is 1.80. The highest BCUT2D eigenvalue weighted by atomic mass is 19.4. The molecule has 0 aliphatic carbocycles. The number of rotatable bonds is 5. The number of alkyl halides is 3. The second-order valence-electron chi connectivity index (χ2n) is 7.14. The van der Waals surface area contributed by atoms with Gasteiger partial charge in [-0.2, -0.15) is 13.2 Å². The lowest BCUT2D eigenvalue weighted by Crippen LogP contribution is -2.25. The van der Waals surface area contributed by atoms with Crippen LogP contribution in [0.4, 0.5) is 19.1 Å². The number of carboxylic acid groups (broad SMARTS) is 1. The van der Waals surface area contributed by atoms with Gasteiger partial charge in [0.2, 0.25) is 5.95 Å². The molecular weight excluding hydrogens is 439 g/mol. The Kier molecular flexibility index (Phi) is 8.22. The first-order valence-corrected chi connectivity index (χ1v) is 9.79. The number of carbonyl (C=O) groups is 1. The van der Waals surface area contributed by atoms with Crippen LogP contribution in [-0.2, 0) is 24.7 Å². The predicted molar refractivity (Wildman–Crippen MR) is 118 cm³/mol. The zero-order valence-electron chi connectivity index (χ0n) is 18.3. The normalized spacial score (nSPS) is 10.8. The van der Waals surface area contributed by atoms with E-state index in [0.717, 1.165) is 29.0 Å². The van der Waals surface area contributed by atoms with E-state index in [1.54, 1.807) is 21.1 Å². The van der Waals surface area contributed by atoms with E-state index < -0.39 is 12.1 Å². The van der Waals surface area contributed by atoms with Crippen molar-refractivity contribution in [1.29, 1.82) is 0 Å². The van der Waals surface area contributed by atoms with Gasteiger partial charge in [-0.05, 0) is 48.6 Å². The molecule has 0 aliphatic rings. The summed E-state index contributed by atoms with van der Waals surface area (Å²) < 4.78 is 38.4. The monoisotopic (exact) mass is 463 g/mol. The number of nitrogen functional groups attached to an aromatic ring is 1. The number of benzene rings is 2. The smallest absolute Gasteiger partial charge is 0.490 e. The zero-order chi connectivity index (χ0) is 24.8. The molecule has 3 N–H and O–H groups in total. The molecule has 2 aromatic carbocycles. The molecule has 0 radical (unpaired) electrons. The molecular formula is C23H24F3N3O4. The molecule has 0 spiro atoms. The topological polar surface area (TPSA) is 107 Å². The van der Waals surface area contributed by atoms with E-state index in [-0.39, 0.29) is 11.5 Å². The molecule has 10 heteroatoms. The van der Waals surface area contributed by atoms with E-state index in [1.807, 2.05) is 24.3 Å².